The lowest BCUT2D eigenvalue weighted by Gasteiger charge is -2.03. The third-order valence-corrected chi connectivity index (χ3v) is 2.73. The molecule has 0 fully saturated rings. The van der Waals surface area contributed by atoms with Gasteiger partial charge in [0.1, 0.15) is 0 Å². The number of halogens is 1. The fraction of sp³-hybridized carbons (Fsp3) is 0.0909. The van der Waals surface area contributed by atoms with Gasteiger partial charge in [0.2, 0.25) is 5.43 Å². The number of hydrogen-bond donors (Lipinski definition) is 0. The average Bonchev–Trinajstić information content (AvgIpc) is 2.32. The summed E-state index contributed by atoms with van der Waals surface area (Å²) in [6.07, 6.45) is 1.23. The van der Waals surface area contributed by atoms with E-state index in [1.165, 1.54) is 10.9 Å². The predicted molar refractivity (Wildman–Crippen MR) is 65.1 cm³/mol. The lowest BCUT2D eigenvalue weighted by Crippen LogP contribution is -2.12. The second-order valence-electron chi connectivity index (χ2n) is 3.66. The number of fused-ring (bicyclic) bond motifs is 2. The van der Waals surface area contributed by atoms with Crippen LogP contribution in [0.4, 0.5) is 0 Å². The maximum absolute atomic E-state index is 11.6. The Balaban J connectivity index is 2.56. The van der Waals surface area contributed by atoms with Crippen LogP contribution in [-0.4, -0.2) is 19.7 Å². The molecule has 2 heterocycles. The summed E-state index contributed by atoms with van der Waals surface area (Å²) in [5.74, 6) is 0. The van der Waals surface area contributed by atoms with E-state index in [1.54, 1.807) is 25.2 Å². The highest BCUT2D eigenvalue weighted by molar-refractivity contribution is 6.31. The minimum Gasteiger partial charge on any atom is -0.286 e. The monoisotopic (exact) mass is 246 g/mol. The van der Waals surface area contributed by atoms with Crippen LogP contribution >= 0.6 is 11.6 Å². The molecule has 0 unspecified atom stereocenters. The molecule has 6 heteroatoms. The molecule has 3 aromatic rings. The summed E-state index contributed by atoms with van der Waals surface area (Å²) in [6.45, 7) is 0. The Morgan fingerprint density at radius 2 is 2.06 bits per heavy atom. The molecule has 0 saturated heterocycles. The molecule has 0 aliphatic carbocycles. The van der Waals surface area contributed by atoms with Crippen LogP contribution in [-0.2, 0) is 7.05 Å². The number of aryl methyl sites for hydroxylation is 1. The van der Waals surface area contributed by atoms with Crippen LogP contribution in [0.3, 0.4) is 0 Å². The van der Waals surface area contributed by atoms with Crippen molar-refractivity contribution >= 4 is 33.8 Å². The van der Waals surface area contributed by atoms with Crippen molar-refractivity contribution in [3.8, 4) is 0 Å². The molecule has 3 rings (SSSR count). The number of benzene rings is 1. The van der Waals surface area contributed by atoms with Gasteiger partial charge in [-0.1, -0.05) is 11.6 Å². The Hall–Kier alpha value is -2.01. The Labute approximate surface area is 101 Å². The SMILES string of the molecule is Cn1ncc(=O)c2nc3cc(Cl)ccc3nc21. The van der Waals surface area contributed by atoms with Crippen molar-refractivity contribution in [1.82, 2.24) is 19.7 Å². The number of aromatic nitrogens is 4. The fourth-order valence-electron chi connectivity index (χ4n) is 1.66. The zero-order chi connectivity index (χ0) is 12.0. The lowest BCUT2D eigenvalue weighted by molar-refractivity contribution is 0.761. The average molecular weight is 247 g/mol. The van der Waals surface area contributed by atoms with E-state index >= 15 is 0 Å². The predicted octanol–water partition coefficient (Wildman–Crippen LogP) is 1.53. The van der Waals surface area contributed by atoms with Crippen LogP contribution in [0.25, 0.3) is 22.2 Å². The van der Waals surface area contributed by atoms with Crippen LogP contribution < -0.4 is 5.43 Å². The highest BCUT2D eigenvalue weighted by Crippen LogP contribution is 2.17. The van der Waals surface area contributed by atoms with Gasteiger partial charge in [-0.05, 0) is 18.2 Å². The lowest BCUT2D eigenvalue weighted by atomic mass is 10.3. The fourth-order valence-corrected chi connectivity index (χ4v) is 1.83. The molecule has 2 aromatic heterocycles. The van der Waals surface area contributed by atoms with E-state index in [9.17, 15) is 4.79 Å². The summed E-state index contributed by atoms with van der Waals surface area (Å²) >= 11 is 5.88. The van der Waals surface area contributed by atoms with E-state index in [0.717, 1.165) is 0 Å². The zero-order valence-electron chi connectivity index (χ0n) is 8.88. The van der Waals surface area contributed by atoms with Gasteiger partial charge in [0.15, 0.2) is 11.2 Å². The minimum absolute atomic E-state index is 0.243. The van der Waals surface area contributed by atoms with Gasteiger partial charge >= 0.3 is 0 Å². The third kappa shape index (κ3) is 1.55. The van der Waals surface area contributed by atoms with E-state index in [0.29, 0.717) is 27.2 Å². The molecule has 0 N–H and O–H groups in total. The largest absolute Gasteiger partial charge is 0.286 e. The number of rotatable bonds is 0. The molecule has 0 aliphatic rings. The summed E-state index contributed by atoms with van der Waals surface area (Å²) in [4.78, 5) is 20.3. The van der Waals surface area contributed by atoms with Crippen molar-refractivity contribution in [1.29, 1.82) is 0 Å². The van der Waals surface area contributed by atoms with E-state index < -0.39 is 0 Å². The molecule has 84 valence electrons. The summed E-state index contributed by atoms with van der Waals surface area (Å²) in [5, 5.41) is 4.47. The van der Waals surface area contributed by atoms with Crippen LogP contribution in [0.15, 0.2) is 29.2 Å². The van der Waals surface area contributed by atoms with Gasteiger partial charge < -0.3 is 0 Å². The second-order valence-corrected chi connectivity index (χ2v) is 4.10. The summed E-state index contributed by atoms with van der Waals surface area (Å²) in [5.41, 5.74) is 1.82. The smallest absolute Gasteiger partial charge is 0.228 e. The van der Waals surface area contributed by atoms with Crippen molar-refractivity contribution in [3.05, 3.63) is 39.6 Å². The van der Waals surface area contributed by atoms with Gasteiger partial charge in [-0.3, -0.25) is 4.79 Å². The third-order valence-electron chi connectivity index (χ3n) is 2.50. The molecule has 0 bridgehead atoms. The first-order valence-corrected chi connectivity index (χ1v) is 5.32. The maximum Gasteiger partial charge on any atom is 0.228 e. The topological polar surface area (TPSA) is 60.7 Å². The van der Waals surface area contributed by atoms with E-state index in [-0.39, 0.29) is 5.43 Å². The molecule has 17 heavy (non-hydrogen) atoms. The van der Waals surface area contributed by atoms with Gasteiger partial charge in [-0.15, -0.1) is 0 Å². The Bertz CT molecular complexity index is 796. The normalized spacial score (nSPS) is 11.2. The molecular weight excluding hydrogens is 240 g/mol. The molecule has 0 atom stereocenters. The van der Waals surface area contributed by atoms with Crippen molar-refractivity contribution < 1.29 is 0 Å². The molecular formula is C11H7ClN4O. The first-order chi connectivity index (χ1) is 8.15. The first kappa shape index (κ1) is 10.2. The van der Waals surface area contributed by atoms with Crippen LogP contribution in [0.2, 0.25) is 5.02 Å². The standard InChI is InChI=1S/C11H7ClN4O/c1-16-11-10(9(17)5-13-16)14-8-4-6(12)2-3-7(8)15-11/h2-5H,1H3. The quantitative estimate of drug-likeness (QED) is 0.565. The first-order valence-electron chi connectivity index (χ1n) is 4.94. The van der Waals surface area contributed by atoms with E-state index in [4.69, 9.17) is 11.6 Å². The van der Waals surface area contributed by atoms with Crippen molar-refractivity contribution in [2.75, 3.05) is 0 Å². The molecule has 0 radical (unpaired) electrons. The number of nitrogens with zero attached hydrogens (tertiary/aromatic N) is 4. The van der Waals surface area contributed by atoms with Crippen LogP contribution in [0, 0.1) is 0 Å². The summed E-state index contributed by atoms with van der Waals surface area (Å²) < 4.78 is 1.53. The van der Waals surface area contributed by atoms with Crippen molar-refractivity contribution in [3.63, 3.8) is 0 Å². The van der Waals surface area contributed by atoms with Gasteiger partial charge in [-0.2, -0.15) is 5.10 Å². The van der Waals surface area contributed by atoms with E-state index in [2.05, 4.69) is 15.1 Å². The van der Waals surface area contributed by atoms with Gasteiger partial charge in [0, 0.05) is 12.1 Å². The molecule has 1 aromatic carbocycles. The maximum atomic E-state index is 11.6. The van der Waals surface area contributed by atoms with Crippen molar-refractivity contribution in [2.24, 2.45) is 7.05 Å². The van der Waals surface area contributed by atoms with Crippen LogP contribution in [0.1, 0.15) is 0 Å². The Morgan fingerprint density at radius 1 is 1.24 bits per heavy atom. The number of hydrogen-bond acceptors (Lipinski definition) is 4. The zero-order valence-corrected chi connectivity index (χ0v) is 9.64. The molecule has 0 saturated carbocycles. The summed E-state index contributed by atoms with van der Waals surface area (Å²) in [7, 11) is 1.72. The Kier molecular flexibility index (Phi) is 2.09. The summed E-state index contributed by atoms with van der Waals surface area (Å²) in [6, 6.07) is 5.18. The highest BCUT2D eigenvalue weighted by Gasteiger charge is 2.07. The van der Waals surface area contributed by atoms with Crippen LogP contribution in [0.5, 0.6) is 0 Å². The van der Waals surface area contributed by atoms with Gasteiger partial charge in [-0.25, -0.2) is 14.6 Å². The molecule has 0 spiro atoms. The molecule has 0 amide bonds. The molecule has 0 aliphatic heterocycles. The van der Waals surface area contributed by atoms with E-state index in [1.807, 2.05) is 0 Å². The van der Waals surface area contributed by atoms with Crippen molar-refractivity contribution in [2.45, 2.75) is 0 Å². The van der Waals surface area contributed by atoms with Gasteiger partial charge in [0.05, 0.1) is 17.2 Å². The molecule has 5 nitrogen and oxygen atoms in total. The van der Waals surface area contributed by atoms with Gasteiger partial charge in [0.25, 0.3) is 0 Å². The highest BCUT2D eigenvalue weighted by atomic mass is 35.5. The Morgan fingerprint density at radius 3 is 2.88 bits per heavy atom. The minimum atomic E-state index is -0.243. The second kappa shape index (κ2) is 3.49.